The number of carbonyl (C=O) groups excluding carboxylic acids is 3. The van der Waals surface area contributed by atoms with E-state index in [2.05, 4.69) is 5.32 Å². The first-order valence-corrected chi connectivity index (χ1v) is 10.6. The molecule has 3 heterocycles. The van der Waals surface area contributed by atoms with Gasteiger partial charge in [-0.3, -0.25) is 9.69 Å². The highest BCUT2D eigenvalue weighted by atomic mass is 32.1. The third-order valence-corrected chi connectivity index (χ3v) is 7.10. The lowest BCUT2D eigenvalue weighted by Gasteiger charge is -2.20. The monoisotopic (exact) mass is 432 g/mol. The van der Waals surface area contributed by atoms with E-state index in [0.29, 0.717) is 9.58 Å². The Hall–Kier alpha value is -2.78. The normalized spacial score (nSPS) is 19.1. The van der Waals surface area contributed by atoms with Gasteiger partial charge < -0.3 is 10.1 Å². The van der Waals surface area contributed by atoms with Gasteiger partial charge in [0.25, 0.3) is 5.91 Å². The Kier molecular flexibility index (Phi) is 4.87. The number of fused-ring (bicyclic) bond motifs is 1. The lowest BCUT2D eigenvalue weighted by molar-refractivity contribution is -0.131. The maximum Gasteiger partial charge on any atom is 0.348 e. The molecule has 1 aromatic carbocycles. The number of benzene rings is 1. The number of carbonyl (C=O) groups is 3. The molecule has 1 atom stereocenters. The maximum atomic E-state index is 14.6. The third kappa shape index (κ3) is 3.10. The molecule has 6 nitrogen and oxygen atoms in total. The van der Waals surface area contributed by atoms with Gasteiger partial charge >= 0.3 is 12.0 Å². The van der Waals surface area contributed by atoms with Crippen molar-refractivity contribution in [3.05, 3.63) is 56.8 Å². The summed E-state index contributed by atoms with van der Waals surface area (Å²) in [4.78, 5) is 40.2. The van der Waals surface area contributed by atoms with Gasteiger partial charge in [0.15, 0.2) is 5.54 Å². The Morgan fingerprint density at radius 3 is 2.76 bits per heavy atom. The molecule has 3 aromatic rings. The predicted octanol–water partition coefficient (Wildman–Crippen LogP) is 4.25. The van der Waals surface area contributed by atoms with Crippen molar-refractivity contribution in [1.29, 1.82) is 0 Å². The van der Waals surface area contributed by atoms with E-state index in [9.17, 15) is 18.8 Å². The van der Waals surface area contributed by atoms with Crippen molar-refractivity contribution < 1.29 is 23.5 Å². The molecule has 1 fully saturated rings. The molecule has 0 saturated carbocycles. The summed E-state index contributed by atoms with van der Waals surface area (Å²) in [5.74, 6) is -1.57. The Morgan fingerprint density at radius 2 is 2.07 bits per heavy atom. The molecule has 0 spiro atoms. The van der Waals surface area contributed by atoms with Gasteiger partial charge in [0.05, 0.1) is 13.2 Å². The molecule has 1 N–H and O–H groups in total. The summed E-state index contributed by atoms with van der Waals surface area (Å²) >= 11 is 2.45. The van der Waals surface area contributed by atoms with E-state index < -0.39 is 29.3 Å². The van der Waals surface area contributed by atoms with Crippen LogP contribution >= 0.6 is 22.7 Å². The zero-order valence-corrected chi connectivity index (χ0v) is 17.3. The summed E-state index contributed by atoms with van der Waals surface area (Å²) in [6.07, 6.45) is 0. The second kappa shape index (κ2) is 7.23. The number of hydrogen-bond donors (Lipinski definition) is 1. The van der Waals surface area contributed by atoms with Crippen LogP contribution in [0.15, 0.2) is 35.7 Å². The third-order valence-electron chi connectivity index (χ3n) is 4.83. The zero-order chi connectivity index (χ0) is 20.8. The molecule has 0 unspecified atom stereocenters. The highest BCUT2D eigenvalue weighted by molar-refractivity contribution is 7.21. The van der Waals surface area contributed by atoms with E-state index >= 15 is 0 Å². The first-order valence-electron chi connectivity index (χ1n) is 8.92. The molecule has 1 aliphatic heterocycles. The van der Waals surface area contributed by atoms with Crippen LogP contribution in [0.2, 0.25) is 0 Å². The molecular weight excluding hydrogens is 415 g/mol. The standard InChI is InChI=1S/C20H17FN2O4S2/c1-3-27-17(24)16-11(15-12(21)6-4-7-13(15)29-16)10-23-18(25)20(2,22-19(23)26)14-8-5-9-28-14/h4-9H,3,10H2,1-2H3,(H,22,26)/t20-/m0/s1. The number of thiophene rings is 2. The van der Waals surface area contributed by atoms with Gasteiger partial charge in [0.1, 0.15) is 10.7 Å². The molecule has 1 aliphatic rings. The molecule has 1 saturated heterocycles. The highest BCUT2D eigenvalue weighted by Crippen LogP contribution is 2.37. The van der Waals surface area contributed by atoms with Crippen LogP contribution in [0.25, 0.3) is 10.1 Å². The van der Waals surface area contributed by atoms with Gasteiger partial charge in [0, 0.05) is 20.5 Å². The topological polar surface area (TPSA) is 75.7 Å². The molecule has 4 rings (SSSR count). The average Bonchev–Trinajstić information content (AvgIpc) is 3.38. The number of amides is 3. The van der Waals surface area contributed by atoms with E-state index in [4.69, 9.17) is 4.74 Å². The fourth-order valence-electron chi connectivity index (χ4n) is 3.41. The van der Waals surface area contributed by atoms with Crippen molar-refractivity contribution in [3.8, 4) is 0 Å². The Morgan fingerprint density at radius 1 is 1.28 bits per heavy atom. The largest absolute Gasteiger partial charge is 0.462 e. The summed E-state index contributed by atoms with van der Waals surface area (Å²) in [7, 11) is 0. The van der Waals surface area contributed by atoms with Crippen LogP contribution in [0.4, 0.5) is 9.18 Å². The van der Waals surface area contributed by atoms with E-state index in [1.165, 1.54) is 17.4 Å². The first kappa shape index (κ1) is 19.5. The quantitative estimate of drug-likeness (QED) is 0.483. The second-order valence-electron chi connectivity index (χ2n) is 6.67. The molecule has 0 aliphatic carbocycles. The zero-order valence-electron chi connectivity index (χ0n) is 15.7. The summed E-state index contributed by atoms with van der Waals surface area (Å²) in [5, 5.41) is 4.77. The number of esters is 1. The number of ether oxygens (including phenoxy) is 1. The minimum atomic E-state index is -1.19. The SMILES string of the molecule is CCOC(=O)c1sc2cccc(F)c2c1CN1C(=O)N[C@@](C)(c2cccs2)C1=O. The van der Waals surface area contributed by atoms with Gasteiger partial charge in [0.2, 0.25) is 0 Å². The summed E-state index contributed by atoms with van der Waals surface area (Å²) in [6.45, 7) is 3.25. The van der Waals surface area contributed by atoms with Crippen LogP contribution in [0.5, 0.6) is 0 Å². The first-order chi connectivity index (χ1) is 13.9. The smallest absolute Gasteiger partial charge is 0.348 e. The number of halogens is 1. The number of imide groups is 1. The summed E-state index contributed by atoms with van der Waals surface area (Å²) in [5.41, 5.74) is -0.917. The van der Waals surface area contributed by atoms with E-state index in [1.807, 2.05) is 5.38 Å². The van der Waals surface area contributed by atoms with Gasteiger partial charge in [-0.25, -0.2) is 14.0 Å². The molecule has 150 valence electrons. The molecule has 29 heavy (non-hydrogen) atoms. The number of rotatable bonds is 5. The predicted molar refractivity (Wildman–Crippen MR) is 108 cm³/mol. The lowest BCUT2D eigenvalue weighted by Crippen LogP contribution is -2.40. The van der Waals surface area contributed by atoms with Crippen LogP contribution in [0, 0.1) is 5.82 Å². The van der Waals surface area contributed by atoms with Gasteiger partial charge in [-0.1, -0.05) is 12.1 Å². The molecule has 2 aromatic heterocycles. The van der Waals surface area contributed by atoms with Crippen LogP contribution in [-0.4, -0.2) is 29.4 Å². The van der Waals surface area contributed by atoms with Crippen molar-refractivity contribution in [1.82, 2.24) is 10.2 Å². The minimum absolute atomic E-state index is 0.161. The van der Waals surface area contributed by atoms with Crippen LogP contribution in [-0.2, 0) is 21.6 Å². The number of nitrogens with zero attached hydrogens (tertiary/aromatic N) is 1. The average molecular weight is 432 g/mol. The van der Waals surface area contributed by atoms with E-state index in [0.717, 1.165) is 16.2 Å². The highest BCUT2D eigenvalue weighted by Gasteiger charge is 2.50. The minimum Gasteiger partial charge on any atom is -0.462 e. The van der Waals surface area contributed by atoms with Gasteiger partial charge in [-0.15, -0.1) is 22.7 Å². The summed E-state index contributed by atoms with van der Waals surface area (Å²) < 4.78 is 20.3. The number of urea groups is 1. The van der Waals surface area contributed by atoms with Gasteiger partial charge in [-0.05, 0) is 37.4 Å². The molecule has 9 heteroatoms. The Labute approximate surface area is 173 Å². The second-order valence-corrected chi connectivity index (χ2v) is 8.67. The van der Waals surface area contributed by atoms with Crippen molar-refractivity contribution in [2.45, 2.75) is 25.9 Å². The fraction of sp³-hybridized carbons (Fsp3) is 0.250. The molecule has 3 amide bonds. The maximum absolute atomic E-state index is 14.6. The van der Waals surface area contributed by atoms with Crippen molar-refractivity contribution in [2.75, 3.05) is 6.61 Å². The van der Waals surface area contributed by atoms with Crippen LogP contribution in [0.3, 0.4) is 0 Å². The molecule has 0 bridgehead atoms. The lowest BCUT2D eigenvalue weighted by atomic mass is 10.0. The van der Waals surface area contributed by atoms with Crippen LogP contribution in [0.1, 0.15) is 34.0 Å². The van der Waals surface area contributed by atoms with Crippen molar-refractivity contribution >= 4 is 50.7 Å². The van der Waals surface area contributed by atoms with Crippen LogP contribution < -0.4 is 5.32 Å². The van der Waals surface area contributed by atoms with Gasteiger partial charge in [-0.2, -0.15) is 0 Å². The van der Waals surface area contributed by atoms with Crippen molar-refractivity contribution in [3.63, 3.8) is 0 Å². The Balaban J connectivity index is 1.78. The van der Waals surface area contributed by atoms with E-state index in [1.54, 1.807) is 38.1 Å². The number of nitrogens with one attached hydrogen (secondary N) is 1. The van der Waals surface area contributed by atoms with E-state index in [-0.39, 0.29) is 29.0 Å². The Bertz CT molecular complexity index is 1130. The fourth-order valence-corrected chi connectivity index (χ4v) is 5.36. The number of hydrogen-bond acceptors (Lipinski definition) is 6. The summed E-state index contributed by atoms with van der Waals surface area (Å²) in [6, 6.07) is 7.52. The molecular formula is C20H17FN2O4S2. The molecule has 0 radical (unpaired) electrons. The van der Waals surface area contributed by atoms with Crippen molar-refractivity contribution in [2.24, 2.45) is 0 Å².